The Balaban J connectivity index is 2.24. The molecule has 1 aliphatic rings. The number of aromatic nitrogens is 1. The fourth-order valence-electron chi connectivity index (χ4n) is 1.57. The Hall–Kier alpha value is -0.890. The van der Waals surface area contributed by atoms with Crippen LogP contribution in [0, 0.1) is 19.8 Å². The van der Waals surface area contributed by atoms with Gasteiger partial charge in [0, 0.05) is 17.9 Å². The molecule has 0 amide bonds. The summed E-state index contributed by atoms with van der Waals surface area (Å²) in [6.07, 6.45) is 4.49. The van der Waals surface area contributed by atoms with Gasteiger partial charge in [0.2, 0.25) is 0 Å². The molecule has 70 valence electrons. The molecule has 2 rings (SSSR count). The summed E-state index contributed by atoms with van der Waals surface area (Å²) in [6, 6.07) is 2.39. The molecule has 0 bridgehead atoms. The number of hydrogen-bond donors (Lipinski definition) is 1. The van der Waals surface area contributed by atoms with Crippen LogP contribution in [-0.4, -0.2) is 4.98 Å². The van der Waals surface area contributed by atoms with E-state index in [1.54, 1.807) is 0 Å². The molecule has 1 aromatic rings. The molecule has 1 unspecified atom stereocenters. The van der Waals surface area contributed by atoms with Gasteiger partial charge < -0.3 is 5.73 Å². The van der Waals surface area contributed by atoms with Gasteiger partial charge >= 0.3 is 0 Å². The van der Waals surface area contributed by atoms with Crippen LogP contribution in [0.25, 0.3) is 0 Å². The Labute approximate surface area is 79.2 Å². The number of aryl methyl sites for hydroxylation is 2. The molecule has 0 spiro atoms. The zero-order chi connectivity index (χ0) is 9.42. The van der Waals surface area contributed by atoms with E-state index in [2.05, 4.69) is 18.0 Å². The van der Waals surface area contributed by atoms with Gasteiger partial charge in [0.05, 0.1) is 0 Å². The van der Waals surface area contributed by atoms with Crippen LogP contribution < -0.4 is 5.73 Å². The van der Waals surface area contributed by atoms with Crippen LogP contribution in [0.3, 0.4) is 0 Å². The lowest BCUT2D eigenvalue weighted by Gasteiger charge is -2.11. The maximum Gasteiger partial charge on any atom is 0.0402 e. The molecule has 0 radical (unpaired) electrons. The first kappa shape index (κ1) is 8.70. The quantitative estimate of drug-likeness (QED) is 0.749. The van der Waals surface area contributed by atoms with Crippen molar-refractivity contribution in [3.63, 3.8) is 0 Å². The van der Waals surface area contributed by atoms with E-state index in [4.69, 9.17) is 5.73 Å². The molecule has 1 atom stereocenters. The normalized spacial score (nSPS) is 18.7. The van der Waals surface area contributed by atoms with Crippen molar-refractivity contribution < 1.29 is 0 Å². The molecule has 1 aromatic heterocycles. The summed E-state index contributed by atoms with van der Waals surface area (Å²) in [6.45, 7) is 4.12. The van der Waals surface area contributed by atoms with Crippen LogP contribution >= 0.6 is 0 Å². The summed E-state index contributed by atoms with van der Waals surface area (Å²) in [5.74, 6) is 0.712. The van der Waals surface area contributed by atoms with Crippen molar-refractivity contribution in [3.05, 3.63) is 29.1 Å². The highest BCUT2D eigenvalue weighted by Gasteiger charge is 2.29. The minimum Gasteiger partial charge on any atom is -0.324 e. The molecule has 13 heavy (non-hydrogen) atoms. The highest BCUT2D eigenvalue weighted by Crippen LogP contribution is 2.39. The molecule has 1 heterocycles. The average molecular weight is 176 g/mol. The predicted molar refractivity (Wildman–Crippen MR) is 53.4 cm³/mol. The van der Waals surface area contributed by atoms with Gasteiger partial charge in [-0.3, -0.25) is 4.98 Å². The first-order chi connectivity index (χ1) is 6.18. The summed E-state index contributed by atoms with van der Waals surface area (Å²) in [4.78, 5) is 4.33. The maximum atomic E-state index is 6.08. The standard InChI is InChI=1S/C11H16N2/c1-7-5-10(6-13-8(7)2)11(12)9-3-4-9/h5-6,9,11H,3-4,12H2,1-2H3. The molecular weight excluding hydrogens is 160 g/mol. The minimum atomic E-state index is 0.215. The van der Waals surface area contributed by atoms with Crippen LogP contribution in [0.2, 0.25) is 0 Å². The molecule has 0 aromatic carbocycles. The van der Waals surface area contributed by atoms with E-state index in [0.29, 0.717) is 5.92 Å². The van der Waals surface area contributed by atoms with E-state index in [0.717, 1.165) is 5.69 Å². The second-order valence-electron chi connectivity index (χ2n) is 4.03. The SMILES string of the molecule is Cc1cc(C(N)C2CC2)cnc1C. The molecule has 1 fully saturated rings. The highest BCUT2D eigenvalue weighted by molar-refractivity contribution is 5.26. The number of pyridine rings is 1. The Bertz CT molecular complexity index is 316. The zero-order valence-electron chi connectivity index (χ0n) is 8.25. The molecule has 0 saturated heterocycles. The summed E-state index contributed by atoms with van der Waals surface area (Å²) in [5.41, 5.74) is 9.63. The molecular formula is C11H16N2. The smallest absolute Gasteiger partial charge is 0.0402 e. The lowest BCUT2D eigenvalue weighted by Crippen LogP contribution is -2.13. The maximum absolute atomic E-state index is 6.08. The first-order valence-electron chi connectivity index (χ1n) is 4.87. The Morgan fingerprint density at radius 1 is 1.46 bits per heavy atom. The van der Waals surface area contributed by atoms with Crippen molar-refractivity contribution in [1.82, 2.24) is 4.98 Å². The summed E-state index contributed by atoms with van der Waals surface area (Å²) < 4.78 is 0. The fourth-order valence-corrected chi connectivity index (χ4v) is 1.57. The van der Waals surface area contributed by atoms with Gasteiger partial charge in [0.25, 0.3) is 0 Å². The van der Waals surface area contributed by atoms with E-state index in [1.807, 2.05) is 13.1 Å². The van der Waals surface area contributed by atoms with Crippen LogP contribution in [0.15, 0.2) is 12.3 Å². The molecule has 2 nitrogen and oxygen atoms in total. The molecule has 2 heteroatoms. The van der Waals surface area contributed by atoms with Crippen molar-refractivity contribution >= 4 is 0 Å². The first-order valence-corrected chi connectivity index (χ1v) is 4.87. The molecule has 1 saturated carbocycles. The molecule has 1 aliphatic carbocycles. The van der Waals surface area contributed by atoms with Crippen LogP contribution in [0.5, 0.6) is 0 Å². The lowest BCUT2D eigenvalue weighted by molar-refractivity contribution is 0.630. The zero-order valence-corrected chi connectivity index (χ0v) is 8.25. The van der Waals surface area contributed by atoms with Crippen molar-refractivity contribution in [2.24, 2.45) is 11.7 Å². The summed E-state index contributed by atoms with van der Waals surface area (Å²) >= 11 is 0. The summed E-state index contributed by atoms with van der Waals surface area (Å²) in [7, 11) is 0. The van der Waals surface area contributed by atoms with Crippen LogP contribution in [0.1, 0.15) is 35.7 Å². The van der Waals surface area contributed by atoms with E-state index < -0.39 is 0 Å². The van der Waals surface area contributed by atoms with Gasteiger partial charge in [-0.1, -0.05) is 6.07 Å². The van der Waals surface area contributed by atoms with E-state index in [1.165, 1.54) is 24.0 Å². The third-order valence-corrected chi connectivity index (χ3v) is 2.88. The average Bonchev–Trinajstić information content (AvgIpc) is 2.91. The Morgan fingerprint density at radius 2 is 2.15 bits per heavy atom. The van der Waals surface area contributed by atoms with Gasteiger partial charge in [-0.2, -0.15) is 0 Å². The lowest BCUT2D eigenvalue weighted by atomic mass is 10.0. The van der Waals surface area contributed by atoms with Gasteiger partial charge in [0.15, 0.2) is 0 Å². The van der Waals surface area contributed by atoms with E-state index in [9.17, 15) is 0 Å². The van der Waals surface area contributed by atoms with Gasteiger partial charge in [-0.15, -0.1) is 0 Å². The number of nitrogens with zero attached hydrogens (tertiary/aromatic N) is 1. The molecule has 2 N–H and O–H groups in total. The number of rotatable bonds is 2. The van der Waals surface area contributed by atoms with Gasteiger partial charge in [-0.25, -0.2) is 0 Å². The van der Waals surface area contributed by atoms with Crippen molar-refractivity contribution in [2.75, 3.05) is 0 Å². The van der Waals surface area contributed by atoms with Crippen molar-refractivity contribution in [3.8, 4) is 0 Å². The highest BCUT2D eigenvalue weighted by atomic mass is 14.7. The number of hydrogen-bond acceptors (Lipinski definition) is 2. The third-order valence-electron chi connectivity index (χ3n) is 2.88. The second-order valence-corrected chi connectivity index (χ2v) is 4.03. The summed E-state index contributed by atoms with van der Waals surface area (Å²) in [5, 5.41) is 0. The molecule has 0 aliphatic heterocycles. The van der Waals surface area contributed by atoms with E-state index in [-0.39, 0.29) is 6.04 Å². The monoisotopic (exact) mass is 176 g/mol. The topological polar surface area (TPSA) is 38.9 Å². The van der Waals surface area contributed by atoms with Gasteiger partial charge in [0.1, 0.15) is 0 Å². The van der Waals surface area contributed by atoms with Crippen molar-refractivity contribution in [2.45, 2.75) is 32.7 Å². The van der Waals surface area contributed by atoms with Crippen LogP contribution in [-0.2, 0) is 0 Å². The fraction of sp³-hybridized carbons (Fsp3) is 0.545. The van der Waals surface area contributed by atoms with Gasteiger partial charge in [-0.05, 0) is 43.7 Å². The van der Waals surface area contributed by atoms with Crippen molar-refractivity contribution in [1.29, 1.82) is 0 Å². The van der Waals surface area contributed by atoms with Crippen LogP contribution in [0.4, 0.5) is 0 Å². The Kier molecular flexibility index (Phi) is 2.08. The van der Waals surface area contributed by atoms with E-state index >= 15 is 0 Å². The Morgan fingerprint density at radius 3 is 2.69 bits per heavy atom. The number of nitrogens with two attached hydrogens (primary N) is 1. The largest absolute Gasteiger partial charge is 0.324 e. The predicted octanol–water partition coefficient (Wildman–Crippen LogP) is 2.11. The third kappa shape index (κ3) is 1.73. The second kappa shape index (κ2) is 3.11. The minimum absolute atomic E-state index is 0.215.